The molecule has 2 atom stereocenters. The van der Waals surface area contributed by atoms with Crippen molar-refractivity contribution >= 4 is 5.78 Å². The number of hydrogen-bond donors (Lipinski definition) is 6. The molecule has 2 unspecified atom stereocenters. The molecule has 2 aromatic rings. The molecule has 0 spiro atoms. The molecule has 8 heteroatoms. The van der Waals surface area contributed by atoms with Crippen molar-refractivity contribution in [2.24, 2.45) is 0 Å². The van der Waals surface area contributed by atoms with Crippen molar-refractivity contribution < 1.29 is 40.2 Å². The Morgan fingerprint density at radius 3 is 2.33 bits per heavy atom. The van der Waals surface area contributed by atoms with E-state index in [0.717, 1.165) is 0 Å². The fraction of sp³-hybridized carbons (Fsp3) is 0.409. The van der Waals surface area contributed by atoms with Crippen molar-refractivity contribution in [3.63, 3.8) is 0 Å². The van der Waals surface area contributed by atoms with Gasteiger partial charge in [-0.1, -0.05) is 6.07 Å². The molecule has 0 amide bonds. The zero-order valence-corrected chi connectivity index (χ0v) is 16.8. The van der Waals surface area contributed by atoms with E-state index in [-0.39, 0.29) is 61.3 Å². The van der Waals surface area contributed by atoms with Gasteiger partial charge in [-0.15, -0.1) is 0 Å². The van der Waals surface area contributed by atoms with E-state index in [0.29, 0.717) is 23.1 Å². The van der Waals surface area contributed by atoms with Gasteiger partial charge >= 0.3 is 0 Å². The van der Waals surface area contributed by atoms with Crippen LogP contribution in [0, 0.1) is 0 Å². The van der Waals surface area contributed by atoms with Gasteiger partial charge in [0.05, 0.1) is 26.4 Å². The minimum Gasteiger partial charge on any atom is -0.504 e. The maximum Gasteiger partial charge on any atom is 0.160 e. The fourth-order valence-corrected chi connectivity index (χ4v) is 3.36. The van der Waals surface area contributed by atoms with E-state index < -0.39 is 12.0 Å². The van der Waals surface area contributed by atoms with Crippen LogP contribution < -0.4 is 4.74 Å². The number of aromatic hydroxyl groups is 3. The van der Waals surface area contributed by atoms with E-state index in [4.69, 9.17) is 4.74 Å². The highest BCUT2D eigenvalue weighted by molar-refractivity contribution is 5.79. The average molecular weight is 420 g/mol. The van der Waals surface area contributed by atoms with E-state index in [9.17, 15) is 35.4 Å². The number of benzene rings is 2. The summed E-state index contributed by atoms with van der Waals surface area (Å²) in [6.45, 7) is -0.579. The first-order chi connectivity index (χ1) is 14.3. The predicted octanol–water partition coefficient (Wildman–Crippen LogP) is 1.72. The number of methoxy groups -OCH3 is 1. The van der Waals surface area contributed by atoms with Crippen molar-refractivity contribution in [3.05, 3.63) is 47.0 Å². The number of phenols is 3. The van der Waals surface area contributed by atoms with Gasteiger partial charge in [0.2, 0.25) is 0 Å². The van der Waals surface area contributed by atoms with E-state index in [1.54, 1.807) is 12.1 Å². The minimum absolute atomic E-state index is 0.0950. The van der Waals surface area contributed by atoms with Crippen LogP contribution in [0.15, 0.2) is 30.3 Å². The minimum atomic E-state index is -0.989. The lowest BCUT2D eigenvalue weighted by Crippen LogP contribution is -2.19. The molecule has 0 bridgehead atoms. The number of phenolic OH excluding ortho intramolecular Hbond substituents is 3. The molecule has 0 aliphatic rings. The molecule has 6 N–H and O–H groups in total. The van der Waals surface area contributed by atoms with Crippen molar-refractivity contribution in [1.29, 1.82) is 0 Å². The highest BCUT2D eigenvalue weighted by Gasteiger charge is 2.20. The number of ketones is 1. The summed E-state index contributed by atoms with van der Waals surface area (Å²) in [5, 5.41) is 58.1. The number of aliphatic hydroxyl groups excluding tert-OH is 3. The third-order valence-corrected chi connectivity index (χ3v) is 5.06. The topological polar surface area (TPSA) is 148 Å². The number of hydrogen-bond acceptors (Lipinski definition) is 8. The second-order valence-corrected chi connectivity index (χ2v) is 7.21. The molecule has 2 rings (SSSR count). The number of Topliss-reactive ketones (excluding diaryl/α,β-unsaturated/α-hetero) is 1. The Bertz CT molecular complexity index is 864. The predicted molar refractivity (Wildman–Crippen MR) is 109 cm³/mol. The largest absolute Gasteiger partial charge is 0.504 e. The Morgan fingerprint density at radius 1 is 1.00 bits per heavy atom. The quantitative estimate of drug-likeness (QED) is 0.301. The van der Waals surface area contributed by atoms with Crippen molar-refractivity contribution in [1.82, 2.24) is 0 Å². The second-order valence-electron chi connectivity index (χ2n) is 7.21. The molecule has 2 aromatic carbocycles. The first-order valence-corrected chi connectivity index (χ1v) is 9.61. The lowest BCUT2D eigenvalue weighted by molar-refractivity contribution is -0.121. The van der Waals surface area contributed by atoms with Crippen LogP contribution in [0.3, 0.4) is 0 Å². The van der Waals surface area contributed by atoms with E-state index >= 15 is 0 Å². The SMILES string of the molecule is COc1cc(CCC(=O)CC(O)CC(CO)c2ccc(O)c(O)c2)c(CO)cc1O. The van der Waals surface area contributed by atoms with Gasteiger partial charge < -0.3 is 35.4 Å². The molecule has 0 aromatic heterocycles. The van der Waals surface area contributed by atoms with Gasteiger partial charge in [0.25, 0.3) is 0 Å². The van der Waals surface area contributed by atoms with Gasteiger partial charge in [-0.2, -0.15) is 0 Å². The summed E-state index contributed by atoms with van der Waals surface area (Å²) in [6.07, 6.45) is -0.543. The summed E-state index contributed by atoms with van der Waals surface area (Å²) in [5.41, 5.74) is 1.71. The molecule has 0 heterocycles. The summed E-state index contributed by atoms with van der Waals surface area (Å²) in [4.78, 5) is 12.3. The third-order valence-electron chi connectivity index (χ3n) is 5.06. The molecule has 0 saturated carbocycles. The normalized spacial score (nSPS) is 13.1. The first-order valence-electron chi connectivity index (χ1n) is 9.61. The molecule has 0 saturated heterocycles. The van der Waals surface area contributed by atoms with Gasteiger partial charge in [0.15, 0.2) is 23.0 Å². The summed E-state index contributed by atoms with van der Waals surface area (Å²) in [7, 11) is 1.41. The Kier molecular flexibility index (Phi) is 8.46. The summed E-state index contributed by atoms with van der Waals surface area (Å²) in [5.74, 6) is -1.13. The first kappa shape index (κ1) is 23.5. The fourth-order valence-electron chi connectivity index (χ4n) is 3.36. The molecule has 8 nitrogen and oxygen atoms in total. The van der Waals surface area contributed by atoms with Gasteiger partial charge in [0.1, 0.15) is 5.78 Å². The van der Waals surface area contributed by atoms with Gasteiger partial charge in [-0.3, -0.25) is 4.79 Å². The van der Waals surface area contributed by atoms with Crippen LogP contribution in [0.5, 0.6) is 23.0 Å². The maximum absolute atomic E-state index is 12.3. The highest BCUT2D eigenvalue weighted by atomic mass is 16.5. The van der Waals surface area contributed by atoms with Crippen molar-refractivity contribution in [3.8, 4) is 23.0 Å². The summed E-state index contributed by atoms with van der Waals surface area (Å²) < 4.78 is 5.06. The Labute approximate surface area is 174 Å². The van der Waals surface area contributed by atoms with Crippen molar-refractivity contribution in [2.75, 3.05) is 13.7 Å². The number of carbonyl (C=O) groups is 1. The lowest BCUT2D eigenvalue weighted by atomic mass is 9.91. The molecular weight excluding hydrogens is 392 g/mol. The molecule has 0 fully saturated rings. The molecular formula is C22H28O8. The van der Waals surface area contributed by atoms with Crippen LogP contribution in [-0.4, -0.2) is 56.2 Å². The smallest absolute Gasteiger partial charge is 0.160 e. The second kappa shape index (κ2) is 10.8. The molecule has 0 aliphatic heterocycles. The van der Waals surface area contributed by atoms with Crippen molar-refractivity contribution in [2.45, 2.75) is 44.3 Å². The number of aliphatic hydroxyl groups is 3. The van der Waals surface area contributed by atoms with E-state index in [1.165, 1.54) is 25.3 Å². The third kappa shape index (κ3) is 6.09. The van der Waals surface area contributed by atoms with Gasteiger partial charge in [-0.05, 0) is 53.8 Å². The highest BCUT2D eigenvalue weighted by Crippen LogP contribution is 2.32. The summed E-state index contributed by atoms with van der Waals surface area (Å²) >= 11 is 0. The van der Waals surface area contributed by atoms with Crippen LogP contribution in [-0.2, 0) is 17.8 Å². The lowest BCUT2D eigenvalue weighted by Gasteiger charge is -2.19. The monoisotopic (exact) mass is 420 g/mol. The summed E-state index contributed by atoms with van der Waals surface area (Å²) in [6, 6.07) is 7.13. The van der Waals surface area contributed by atoms with Gasteiger partial charge in [-0.25, -0.2) is 0 Å². The number of rotatable bonds is 11. The zero-order chi connectivity index (χ0) is 22.3. The zero-order valence-electron chi connectivity index (χ0n) is 16.8. The van der Waals surface area contributed by atoms with E-state index in [1.807, 2.05) is 0 Å². The van der Waals surface area contributed by atoms with Gasteiger partial charge in [0, 0.05) is 18.8 Å². The van der Waals surface area contributed by atoms with E-state index in [2.05, 4.69) is 0 Å². The molecule has 164 valence electrons. The average Bonchev–Trinajstić information content (AvgIpc) is 2.72. The molecule has 30 heavy (non-hydrogen) atoms. The van der Waals surface area contributed by atoms with Crippen LogP contribution in [0.4, 0.5) is 0 Å². The number of ether oxygens (including phenoxy) is 1. The number of aryl methyl sites for hydroxylation is 1. The standard InChI is InChI=1S/C22H28O8/c1-30-22-9-14(16(12-24)8-21(22)29)2-4-17(25)10-18(26)6-15(11-23)13-3-5-19(27)20(28)7-13/h3,5,7-9,15,18,23-24,26-29H,2,4,6,10-12H2,1H3. The van der Waals surface area contributed by atoms with Crippen LogP contribution in [0.25, 0.3) is 0 Å². The van der Waals surface area contributed by atoms with Crippen LogP contribution in [0.1, 0.15) is 41.9 Å². The van der Waals surface area contributed by atoms with Crippen LogP contribution in [0.2, 0.25) is 0 Å². The Hall–Kier alpha value is -2.81. The Balaban J connectivity index is 1.95. The molecule has 0 aliphatic carbocycles. The van der Waals surface area contributed by atoms with Crippen LogP contribution >= 0.6 is 0 Å². The molecule has 0 radical (unpaired) electrons. The maximum atomic E-state index is 12.3. The number of carbonyl (C=O) groups excluding carboxylic acids is 1. The Morgan fingerprint density at radius 2 is 1.73 bits per heavy atom.